The molecule has 0 radical (unpaired) electrons. The topological polar surface area (TPSA) is 26.3 Å². The van der Waals surface area contributed by atoms with Crippen molar-refractivity contribution in [2.75, 3.05) is 0 Å². The Labute approximate surface area is 171 Å². The highest BCUT2D eigenvalue weighted by Gasteiger charge is 2.43. The lowest BCUT2D eigenvalue weighted by Crippen LogP contribution is -2.60. The van der Waals surface area contributed by atoms with Crippen LogP contribution in [0, 0.1) is 5.92 Å². The molecule has 2 aromatic carbocycles. The van der Waals surface area contributed by atoms with Crippen molar-refractivity contribution in [2.45, 2.75) is 26.0 Å². The van der Waals surface area contributed by atoms with Crippen LogP contribution < -0.4 is 10.4 Å². The first-order chi connectivity index (χ1) is 13.6. The van der Waals surface area contributed by atoms with Gasteiger partial charge in [0.25, 0.3) is 8.32 Å². The Morgan fingerprint density at radius 2 is 1.61 bits per heavy atom. The summed E-state index contributed by atoms with van der Waals surface area (Å²) in [5.41, 5.74) is 1.90. The number of ketones is 1. The van der Waals surface area contributed by atoms with Crippen molar-refractivity contribution in [3.8, 4) is 0 Å². The second-order valence-corrected chi connectivity index (χ2v) is 11.8. The fraction of sp³-hybridized carbons (Fsp3) is 0.208. The van der Waals surface area contributed by atoms with E-state index in [1.54, 1.807) is 11.3 Å². The molecule has 4 heteroatoms. The lowest BCUT2D eigenvalue weighted by atomic mass is 10.1. The van der Waals surface area contributed by atoms with E-state index >= 15 is 0 Å². The zero-order valence-electron chi connectivity index (χ0n) is 16.2. The molecule has 0 spiro atoms. The summed E-state index contributed by atoms with van der Waals surface area (Å²) in [5, 5.41) is 6.56. The maximum atomic E-state index is 12.8. The highest BCUT2D eigenvalue weighted by atomic mass is 32.1. The number of hydrogen-bond acceptors (Lipinski definition) is 3. The Kier molecular flexibility index (Phi) is 5.44. The van der Waals surface area contributed by atoms with Gasteiger partial charge in [0, 0.05) is 12.0 Å². The zero-order valence-corrected chi connectivity index (χ0v) is 18.0. The standard InChI is InChI=1S/C24H24O2SSi/c1-18-15-23(25)22(16-19-13-14-27-17-19)24(18)26-28(2,20-9-5-3-6-10-20)21-11-7-4-8-12-21/h3-14,16-18,24H,15H2,1-2H3. The van der Waals surface area contributed by atoms with Crippen LogP contribution >= 0.6 is 11.3 Å². The highest BCUT2D eigenvalue weighted by molar-refractivity contribution is 7.08. The van der Waals surface area contributed by atoms with Crippen molar-refractivity contribution in [3.05, 3.63) is 88.6 Å². The zero-order chi connectivity index (χ0) is 19.6. The summed E-state index contributed by atoms with van der Waals surface area (Å²) in [6.45, 7) is 4.37. The molecule has 0 aliphatic heterocycles. The quantitative estimate of drug-likeness (QED) is 0.462. The molecule has 0 saturated heterocycles. The van der Waals surface area contributed by atoms with Gasteiger partial charge in [0.15, 0.2) is 5.78 Å². The van der Waals surface area contributed by atoms with Gasteiger partial charge < -0.3 is 4.43 Å². The Balaban J connectivity index is 1.77. The smallest absolute Gasteiger partial charge is 0.253 e. The van der Waals surface area contributed by atoms with Crippen molar-refractivity contribution in [1.29, 1.82) is 0 Å². The summed E-state index contributed by atoms with van der Waals surface area (Å²) >= 11 is 1.65. The van der Waals surface area contributed by atoms with Crippen LogP contribution in [0.25, 0.3) is 6.08 Å². The van der Waals surface area contributed by atoms with Crippen molar-refractivity contribution in [1.82, 2.24) is 0 Å². The van der Waals surface area contributed by atoms with Crippen LogP contribution in [0.1, 0.15) is 18.9 Å². The Bertz CT molecular complexity index is 925. The number of rotatable bonds is 5. The minimum Gasteiger partial charge on any atom is -0.401 e. The summed E-state index contributed by atoms with van der Waals surface area (Å²) in [6.07, 6.45) is 2.40. The van der Waals surface area contributed by atoms with Crippen molar-refractivity contribution >= 4 is 41.9 Å². The average Bonchev–Trinajstić information content (AvgIpc) is 3.33. The second-order valence-electron chi connectivity index (χ2n) is 7.56. The second kappa shape index (κ2) is 8.00. The Morgan fingerprint density at radius 3 is 2.14 bits per heavy atom. The number of thiophene rings is 1. The van der Waals surface area contributed by atoms with Crippen LogP contribution in [0.15, 0.2) is 83.1 Å². The molecule has 3 aromatic rings. The largest absolute Gasteiger partial charge is 0.401 e. The van der Waals surface area contributed by atoms with Gasteiger partial charge in [0.1, 0.15) is 0 Å². The van der Waals surface area contributed by atoms with Gasteiger partial charge in [0.2, 0.25) is 0 Å². The normalized spacial score (nSPS) is 21.4. The molecule has 142 valence electrons. The molecule has 1 aromatic heterocycles. The maximum Gasteiger partial charge on any atom is 0.253 e. The SMILES string of the molecule is CC1CC(=O)C(=Cc2ccsc2)C1O[Si](C)(c1ccccc1)c1ccccc1. The molecule has 1 fully saturated rings. The molecule has 1 aliphatic rings. The lowest BCUT2D eigenvalue weighted by molar-refractivity contribution is -0.114. The third-order valence-corrected chi connectivity index (χ3v) is 9.83. The first kappa shape index (κ1) is 19.1. The van der Waals surface area contributed by atoms with Gasteiger partial charge in [-0.05, 0) is 51.3 Å². The van der Waals surface area contributed by atoms with E-state index in [4.69, 9.17) is 4.43 Å². The van der Waals surface area contributed by atoms with Crippen molar-refractivity contribution in [3.63, 3.8) is 0 Å². The van der Waals surface area contributed by atoms with Gasteiger partial charge in [-0.2, -0.15) is 11.3 Å². The van der Waals surface area contributed by atoms with Crippen LogP contribution in [-0.2, 0) is 9.22 Å². The van der Waals surface area contributed by atoms with Crippen molar-refractivity contribution in [2.24, 2.45) is 5.92 Å². The van der Waals surface area contributed by atoms with Gasteiger partial charge >= 0.3 is 0 Å². The van der Waals surface area contributed by atoms with E-state index in [1.165, 1.54) is 10.4 Å². The Morgan fingerprint density at radius 1 is 1.00 bits per heavy atom. The van der Waals surface area contributed by atoms with Crippen LogP contribution in [0.2, 0.25) is 6.55 Å². The van der Waals surface area contributed by atoms with Crippen molar-refractivity contribution < 1.29 is 9.22 Å². The van der Waals surface area contributed by atoms with Gasteiger partial charge in [-0.25, -0.2) is 0 Å². The maximum absolute atomic E-state index is 12.8. The summed E-state index contributed by atoms with van der Waals surface area (Å²) in [4.78, 5) is 12.8. The summed E-state index contributed by atoms with van der Waals surface area (Å²) < 4.78 is 6.97. The lowest BCUT2D eigenvalue weighted by Gasteiger charge is -2.33. The summed E-state index contributed by atoms with van der Waals surface area (Å²) in [5.74, 6) is 0.387. The monoisotopic (exact) mass is 404 g/mol. The summed E-state index contributed by atoms with van der Waals surface area (Å²) in [6, 6.07) is 23.0. The first-order valence-corrected chi connectivity index (χ1v) is 13.0. The minimum atomic E-state index is -2.47. The summed E-state index contributed by atoms with van der Waals surface area (Å²) in [7, 11) is -2.47. The fourth-order valence-corrected chi connectivity index (χ4v) is 7.68. The number of hydrogen-bond donors (Lipinski definition) is 0. The number of carbonyl (C=O) groups is 1. The predicted molar refractivity (Wildman–Crippen MR) is 120 cm³/mol. The molecule has 1 saturated carbocycles. The number of Topliss-reactive ketones (excluding diaryl/α,β-unsaturated/α-hetero) is 1. The number of benzene rings is 2. The average molecular weight is 405 g/mol. The molecule has 2 nitrogen and oxygen atoms in total. The van der Waals surface area contributed by atoms with E-state index < -0.39 is 8.32 Å². The first-order valence-electron chi connectivity index (χ1n) is 9.64. The van der Waals surface area contributed by atoms with Gasteiger partial charge in [-0.1, -0.05) is 67.6 Å². The molecule has 2 unspecified atom stereocenters. The van der Waals surface area contributed by atoms with E-state index in [0.717, 1.165) is 11.1 Å². The molecule has 0 amide bonds. The molecule has 2 atom stereocenters. The third kappa shape index (κ3) is 3.68. The van der Waals surface area contributed by atoms with E-state index in [1.807, 2.05) is 23.6 Å². The molecule has 1 aliphatic carbocycles. The van der Waals surface area contributed by atoms with E-state index in [2.05, 4.69) is 73.4 Å². The third-order valence-electron chi connectivity index (χ3n) is 5.53. The highest BCUT2D eigenvalue weighted by Crippen LogP contribution is 2.34. The van der Waals surface area contributed by atoms with Crippen LogP contribution in [0.5, 0.6) is 0 Å². The van der Waals surface area contributed by atoms with Crippen LogP contribution in [-0.4, -0.2) is 20.2 Å². The number of carbonyl (C=O) groups excluding carboxylic acids is 1. The molecule has 0 bridgehead atoms. The molecule has 1 heterocycles. The molecular formula is C24H24O2SSi. The molecular weight excluding hydrogens is 380 g/mol. The van der Waals surface area contributed by atoms with Gasteiger partial charge in [-0.15, -0.1) is 0 Å². The molecule has 4 rings (SSSR count). The molecule has 28 heavy (non-hydrogen) atoms. The Hall–Kier alpha value is -2.27. The van der Waals surface area contributed by atoms with E-state index in [-0.39, 0.29) is 17.8 Å². The predicted octanol–water partition coefficient (Wildman–Crippen LogP) is 4.52. The molecule has 0 N–H and O–H groups in total. The van der Waals surface area contributed by atoms with E-state index in [9.17, 15) is 4.79 Å². The van der Waals surface area contributed by atoms with Crippen LogP contribution in [0.3, 0.4) is 0 Å². The van der Waals surface area contributed by atoms with Gasteiger partial charge in [0.05, 0.1) is 6.10 Å². The fourth-order valence-electron chi connectivity index (χ4n) is 3.93. The van der Waals surface area contributed by atoms with E-state index in [0.29, 0.717) is 6.42 Å². The van der Waals surface area contributed by atoms with Crippen LogP contribution in [0.4, 0.5) is 0 Å². The van der Waals surface area contributed by atoms with Gasteiger partial charge in [-0.3, -0.25) is 4.79 Å². The minimum absolute atomic E-state index is 0.176.